The Morgan fingerprint density at radius 1 is 1.50 bits per heavy atom. The van der Waals surface area contributed by atoms with Crippen molar-refractivity contribution >= 4 is 27.5 Å². The summed E-state index contributed by atoms with van der Waals surface area (Å²) in [5, 5.41) is 2.92. The predicted molar refractivity (Wildman–Crippen MR) is 86.5 cm³/mol. The van der Waals surface area contributed by atoms with Gasteiger partial charge in [0.15, 0.2) is 0 Å². The zero-order valence-corrected chi connectivity index (χ0v) is 14.1. The Hall–Kier alpha value is -1.73. The van der Waals surface area contributed by atoms with Crippen LogP contribution >= 0.6 is 15.9 Å². The number of hydrogen-bond donors (Lipinski definition) is 1. The Balaban J connectivity index is 1.95. The maximum atomic E-state index is 12.4. The molecule has 0 bridgehead atoms. The number of aromatic nitrogens is 2. The number of carbonyl (C=O) groups excluding carboxylic acids is 1. The van der Waals surface area contributed by atoms with Crippen molar-refractivity contribution in [2.24, 2.45) is 0 Å². The molecular formula is C15H17BrN4O2. The van der Waals surface area contributed by atoms with Crippen molar-refractivity contribution in [1.29, 1.82) is 0 Å². The van der Waals surface area contributed by atoms with E-state index in [1.807, 2.05) is 24.1 Å². The lowest BCUT2D eigenvalue weighted by Crippen LogP contribution is -2.40. The third kappa shape index (κ3) is 2.78. The normalized spacial score (nSPS) is 18.2. The highest BCUT2D eigenvalue weighted by Crippen LogP contribution is 2.15. The van der Waals surface area contributed by atoms with Gasteiger partial charge in [-0.2, -0.15) is 0 Å². The Morgan fingerprint density at radius 3 is 2.95 bits per heavy atom. The molecule has 1 N–H and O–H groups in total. The van der Waals surface area contributed by atoms with Gasteiger partial charge in [0, 0.05) is 29.2 Å². The summed E-state index contributed by atoms with van der Waals surface area (Å²) in [5.41, 5.74) is 1.93. The first kappa shape index (κ1) is 15.2. The Bertz CT molecular complexity index is 802. The van der Waals surface area contributed by atoms with Crippen LogP contribution in [0.1, 0.15) is 24.1 Å². The molecule has 3 heterocycles. The van der Waals surface area contributed by atoms with Gasteiger partial charge in [0.25, 0.3) is 5.56 Å². The first-order chi connectivity index (χ1) is 10.5. The number of fused-ring (bicyclic) bond motifs is 1. The number of carbonyl (C=O) groups is 1. The Morgan fingerprint density at radius 2 is 2.27 bits per heavy atom. The Kier molecular flexibility index (Phi) is 4.01. The third-order valence-electron chi connectivity index (χ3n) is 4.02. The van der Waals surface area contributed by atoms with E-state index in [1.165, 1.54) is 0 Å². The van der Waals surface area contributed by atoms with Crippen molar-refractivity contribution < 1.29 is 4.79 Å². The fourth-order valence-corrected chi connectivity index (χ4v) is 3.00. The lowest BCUT2D eigenvalue weighted by atomic mass is 10.2. The monoisotopic (exact) mass is 364 g/mol. The molecule has 0 aromatic carbocycles. The van der Waals surface area contributed by atoms with Crippen molar-refractivity contribution in [3.05, 3.63) is 44.4 Å². The molecule has 1 amide bonds. The minimum absolute atomic E-state index is 0.00895. The maximum absolute atomic E-state index is 12.4. The van der Waals surface area contributed by atoms with Crippen LogP contribution in [-0.2, 0) is 11.3 Å². The standard InChI is InChI=1S/C15H17BrN4O2/c1-9-11(8-19(2)12-3-4-14(21)18-12)17-13-7-10(16)5-6-20(13)15(9)22/h5-7,12H,3-4,8H2,1-2H3,(H,18,21)/t12-/m0/s1. The molecule has 0 aliphatic carbocycles. The minimum atomic E-state index is -0.0589. The first-order valence-corrected chi connectivity index (χ1v) is 7.92. The van der Waals surface area contributed by atoms with Gasteiger partial charge in [-0.3, -0.25) is 18.9 Å². The van der Waals surface area contributed by atoms with Crippen molar-refractivity contribution in [1.82, 2.24) is 19.6 Å². The summed E-state index contributed by atoms with van der Waals surface area (Å²) in [7, 11) is 1.93. The van der Waals surface area contributed by atoms with Crippen LogP contribution in [0, 0.1) is 6.92 Å². The van der Waals surface area contributed by atoms with Gasteiger partial charge in [0.2, 0.25) is 5.91 Å². The maximum Gasteiger partial charge on any atom is 0.261 e. The molecule has 1 atom stereocenters. The van der Waals surface area contributed by atoms with Gasteiger partial charge in [-0.1, -0.05) is 15.9 Å². The minimum Gasteiger partial charge on any atom is -0.341 e. The zero-order valence-electron chi connectivity index (χ0n) is 12.5. The molecule has 116 valence electrons. The van der Waals surface area contributed by atoms with E-state index in [2.05, 4.69) is 26.2 Å². The highest BCUT2D eigenvalue weighted by Gasteiger charge is 2.25. The van der Waals surface area contributed by atoms with E-state index in [1.54, 1.807) is 17.5 Å². The lowest BCUT2D eigenvalue weighted by molar-refractivity contribution is -0.119. The van der Waals surface area contributed by atoms with Crippen LogP contribution in [0.3, 0.4) is 0 Å². The molecule has 1 fully saturated rings. The number of amides is 1. The summed E-state index contributed by atoms with van der Waals surface area (Å²) in [6.07, 6.45) is 3.06. The van der Waals surface area contributed by atoms with Crippen LogP contribution in [0.5, 0.6) is 0 Å². The molecule has 1 saturated heterocycles. The third-order valence-corrected chi connectivity index (χ3v) is 4.52. The fourth-order valence-electron chi connectivity index (χ4n) is 2.68. The van der Waals surface area contributed by atoms with E-state index in [9.17, 15) is 9.59 Å². The smallest absolute Gasteiger partial charge is 0.261 e. The van der Waals surface area contributed by atoms with Crippen molar-refractivity contribution in [3.63, 3.8) is 0 Å². The molecule has 0 unspecified atom stereocenters. The molecule has 6 nitrogen and oxygen atoms in total. The van der Waals surface area contributed by atoms with E-state index >= 15 is 0 Å². The molecular weight excluding hydrogens is 348 g/mol. The highest BCUT2D eigenvalue weighted by atomic mass is 79.9. The van der Waals surface area contributed by atoms with Crippen LogP contribution in [0.15, 0.2) is 27.6 Å². The van der Waals surface area contributed by atoms with Crippen LogP contribution in [0.4, 0.5) is 0 Å². The van der Waals surface area contributed by atoms with Crippen LogP contribution in [0.25, 0.3) is 5.65 Å². The number of pyridine rings is 1. The van der Waals surface area contributed by atoms with Gasteiger partial charge in [-0.25, -0.2) is 4.98 Å². The second-order valence-electron chi connectivity index (χ2n) is 5.60. The molecule has 2 aromatic heterocycles. The number of nitrogens with zero attached hydrogens (tertiary/aromatic N) is 3. The molecule has 0 radical (unpaired) electrons. The second-order valence-corrected chi connectivity index (χ2v) is 6.51. The molecule has 2 aromatic rings. The molecule has 1 aliphatic rings. The van der Waals surface area contributed by atoms with Gasteiger partial charge in [0.1, 0.15) is 5.65 Å². The fraction of sp³-hybridized carbons (Fsp3) is 0.400. The summed E-state index contributed by atoms with van der Waals surface area (Å²) in [5.74, 6) is 0.0732. The van der Waals surface area contributed by atoms with Crippen molar-refractivity contribution in [2.75, 3.05) is 7.05 Å². The highest BCUT2D eigenvalue weighted by molar-refractivity contribution is 9.10. The van der Waals surface area contributed by atoms with Gasteiger partial charge in [-0.15, -0.1) is 0 Å². The van der Waals surface area contributed by atoms with Crippen LogP contribution < -0.4 is 10.9 Å². The predicted octanol–water partition coefficient (Wildman–Crippen LogP) is 1.43. The molecule has 7 heteroatoms. The average molecular weight is 365 g/mol. The van der Waals surface area contributed by atoms with Gasteiger partial charge < -0.3 is 5.32 Å². The van der Waals surface area contributed by atoms with E-state index in [0.717, 1.165) is 16.6 Å². The van der Waals surface area contributed by atoms with E-state index in [-0.39, 0.29) is 17.6 Å². The topological polar surface area (TPSA) is 66.7 Å². The summed E-state index contributed by atoms with van der Waals surface area (Å²) < 4.78 is 2.42. The number of halogens is 1. The molecule has 3 rings (SSSR count). The summed E-state index contributed by atoms with van der Waals surface area (Å²) in [6.45, 7) is 2.31. The summed E-state index contributed by atoms with van der Waals surface area (Å²) in [6, 6.07) is 3.64. The van der Waals surface area contributed by atoms with Crippen LogP contribution in [0.2, 0.25) is 0 Å². The lowest BCUT2D eigenvalue weighted by Gasteiger charge is -2.24. The largest absolute Gasteiger partial charge is 0.341 e. The van der Waals surface area contributed by atoms with Crippen LogP contribution in [-0.4, -0.2) is 33.4 Å². The van der Waals surface area contributed by atoms with Gasteiger partial charge in [-0.05, 0) is 32.5 Å². The number of nitrogens with one attached hydrogen (secondary N) is 1. The first-order valence-electron chi connectivity index (χ1n) is 7.12. The molecule has 0 spiro atoms. The quantitative estimate of drug-likeness (QED) is 0.894. The number of hydrogen-bond acceptors (Lipinski definition) is 4. The van der Waals surface area contributed by atoms with E-state index < -0.39 is 0 Å². The van der Waals surface area contributed by atoms with E-state index in [0.29, 0.717) is 24.2 Å². The van der Waals surface area contributed by atoms with Crippen molar-refractivity contribution in [2.45, 2.75) is 32.5 Å². The van der Waals surface area contributed by atoms with Crippen molar-refractivity contribution in [3.8, 4) is 0 Å². The zero-order chi connectivity index (χ0) is 15.9. The number of rotatable bonds is 3. The van der Waals surface area contributed by atoms with Gasteiger partial charge in [0.05, 0.1) is 11.9 Å². The Labute approximate surface area is 136 Å². The SMILES string of the molecule is Cc1c(CN(C)[C@H]2CCC(=O)N2)nc2cc(Br)ccn2c1=O. The second kappa shape index (κ2) is 5.81. The average Bonchev–Trinajstić information content (AvgIpc) is 2.91. The summed E-state index contributed by atoms with van der Waals surface area (Å²) >= 11 is 3.40. The molecule has 1 aliphatic heterocycles. The van der Waals surface area contributed by atoms with E-state index in [4.69, 9.17) is 0 Å². The van der Waals surface area contributed by atoms with Gasteiger partial charge >= 0.3 is 0 Å². The molecule has 22 heavy (non-hydrogen) atoms. The summed E-state index contributed by atoms with van der Waals surface area (Å²) in [4.78, 5) is 30.4. The molecule has 0 saturated carbocycles.